The SMILES string of the molecule is CCC(=O)OCC(COC(=O)CC)OCCCC(=O)OC.CN.COC(=O)CCCOC(OC(=O)ON1C(=O)CCC1=O)OC(=O)ON1C(=O)CCC1=O. The van der Waals surface area contributed by atoms with Gasteiger partial charge in [-0.3, -0.25) is 48.0 Å². The number of nitrogens with zero attached hydrogens (tertiary/aromatic N) is 2. The molecule has 2 rings (SSSR count). The summed E-state index contributed by atoms with van der Waals surface area (Å²) in [5.74, 6) is -4.72. The fourth-order valence-corrected chi connectivity index (χ4v) is 3.54. The molecule has 0 aromatic rings. The Balaban J connectivity index is 0.00000107. The van der Waals surface area contributed by atoms with Crippen LogP contribution in [0, 0.1) is 0 Å². The zero-order chi connectivity index (χ0) is 41.1. The van der Waals surface area contributed by atoms with Crippen molar-refractivity contribution in [1.29, 1.82) is 0 Å². The minimum Gasteiger partial charge on any atom is -0.469 e. The van der Waals surface area contributed by atoms with Gasteiger partial charge in [0.15, 0.2) is 0 Å². The Morgan fingerprint density at radius 3 is 1.28 bits per heavy atom. The Hall–Kier alpha value is -5.42. The first kappa shape index (κ1) is 48.6. The van der Waals surface area contributed by atoms with Crippen molar-refractivity contribution in [3.8, 4) is 0 Å². The van der Waals surface area contributed by atoms with Gasteiger partial charge < -0.3 is 43.6 Å². The molecule has 0 aromatic heterocycles. The summed E-state index contributed by atoms with van der Waals surface area (Å²) in [7, 11) is 3.99. The molecule has 0 radical (unpaired) electrons. The van der Waals surface area contributed by atoms with Crippen LogP contribution in [0.3, 0.4) is 0 Å². The quantitative estimate of drug-likeness (QED) is 0.0577. The van der Waals surface area contributed by atoms with E-state index in [9.17, 15) is 47.9 Å². The van der Waals surface area contributed by atoms with Crippen molar-refractivity contribution < 1.29 is 95.5 Å². The van der Waals surface area contributed by atoms with Crippen molar-refractivity contribution in [3.05, 3.63) is 0 Å². The monoisotopic (exact) mass is 781 g/mol. The molecular weight excluding hydrogens is 734 g/mol. The Morgan fingerprint density at radius 2 is 0.944 bits per heavy atom. The highest BCUT2D eigenvalue weighted by Crippen LogP contribution is 2.16. The van der Waals surface area contributed by atoms with Gasteiger partial charge in [-0.15, -0.1) is 0 Å². The number of hydrogen-bond acceptors (Lipinski definition) is 21. The number of hydroxylamine groups is 4. The van der Waals surface area contributed by atoms with E-state index in [0.717, 1.165) is 0 Å². The molecule has 0 aromatic carbocycles. The predicted molar refractivity (Wildman–Crippen MR) is 172 cm³/mol. The molecule has 54 heavy (non-hydrogen) atoms. The van der Waals surface area contributed by atoms with Gasteiger partial charge in [0, 0.05) is 58.0 Å². The van der Waals surface area contributed by atoms with Crippen LogP contribution < -0.4 is 5.73 Å². The van der Waals surface area contributed by atoms with Gasteiger partial charge in [0.2, 0.25) is 0 Å². The van der Waals surface area contributed by atoms with Crippen LogP contribution in [0.2, 0.25) is 0 Å². The van der Waals surface area contributed by atoms with Crippen LogP contribution in [0.15, 0.2) is 0 Å². The third-order valence-corrected chi connectivity index (χ3v) is 6.28. The van der Waals surface area contributed by atoms with E-state index >= 15 is 0 Å². The van der Waals surface area contributed by atoms with Gasteiger partial charge in [-0.2, -0.15) is 0 Å². The number of imide groups is 2. The number of carbonyl (C=O) groups is 10. The first-order chi connectivity index (χ1) is 25.7. The van der Waals surface area contributed by atoms with Crippen molar-refractivity contribution in [3.63, 3.8) is 0 Å². The van der Waals surface area contributed by atoms with E-state index in [2.05, 4.69) is 34.4 Å². The molecule has 0 aliphatic carbocycles. The van der Waals surface area contributed by atoms with Crippen LogP contribution in [0.4, 0.5) is 9.59 Å². The lowest BCUT2D eigenvalue weighted by molar-refractivity contribution is -0.265. The third kappa shape index (κ3) is 20.6. The van der Waals surface area contributed by atoms with E-state index in [-0.39, 0.29) is 112 Å². The zero-order valence-electron chi connectivity index (χ0n) is 30.7. The number of rotatable bonds is 20. The molecule has 0 unspecified atom stereocenters. The lowest BCUT2D eigenvalue weighted by atomic mass is 10.3. The van der Waals surface area contributed by atoms with Crippen molar-refractivity contribution in [2.45, 2.75) is 90.6 Å². The molecule has 0 atom stereocenters. The minimum atomic E-state index is -2.13. The highest BCUT2D eigenvalue weighted by atomic mass is 17.0. The van der Waals surface area contributed by atoms with Crippen molar-refractivity contribution >= 4 is 59.8 Å². The molecule has 4 amide bonds. The molecule has 2 aliphatic rings. The fraction of sp³-hybridized carbons (Fsp3) is 0.677. The topological polar surface area (TPSA) is 295 Å². The van der Waals surface area contributed by atoms with Gasteiger partial charge in [-0.05, 0) is 19.9 Å². The van der Waals surface area contributed by atoms with Gasteiger partial charge in [0.05, 0.1) is 20.8 Å². The van der Waals surface area contributed by atoms with Crippen molar-refractivity contribution in [1.82, 2.24) is 10.1 Å². The summed E-state index contributed by atoms with van der Waals surface area (Å²) in [5.41, 5.74) is 4.50. The number of carbonyl (C=O) groups excluding carboxylic acids is 10. The molecule has 0 bridgehead atoms. The molecule has 2 N–H and O–H groups in total. The highest BCUT2D eigenvalue weighted by molar-refractivity contribution is 6.02. The summed E-state index contributed by atoms with van der Waals surface area (Å²) >= 11 is 0. The number of ether oxygens (including phenoxy) is 8. The Bertz CT molecular complexity index is 1190. The van der Waals surface area contributed by atoms with Gasteiger partial charge in [0.25, 0.3) is 23.6 Å². The molecule has 23 nitrogen and oxygen atoms in total. The average molecular weight is 782 g/mol. The summed E-state index contributed by atoms with van der Waals surface area (Å²) in [6.07, 6.45) is -3.23. The number of amides is 4. The van der Waals surface area contributed by atoms with E-state index in [0.29, 0.717) is 6.42 Å². The summed E-state index contributed by atoms with van der Waals surface area (Å²) in [5, 5.41) is 0.354. The van der Waals surface area contributed by atoms with Crippen LogP contribution in [0.1, 0.15) is 78.1 Å². The molecule has 2 fully saturated rings. The minimum absolute atomic E-state index is 0.0158. The summed E-state index contributed by atoms with van der Waals surface area (Å²) < 4.78 is 38.5. The first-order valence-corrected chi connectivity index (χ1v) is 16.5. The van der Waals surface area contributed by atoms with E-state index < -0.39 is 54.5 Å². The number of hydrogen-bond donors (Lipinski definition) is 1. The summed E-state index contributed by atoms with van der Waals surface area (Å²) in [4.78, 5) is 123. The fourth-order valence-electron chi connectivity index (χ4n) is 3.54. The molecule has 23 heteroatoms. The molecule has 0 saturated carbocycles. The molecule has 2 aliphatic heterocycles. The molecule has 2 heterocycles. The standard InChI is InChI=1S/C16H18N2O13.C14H24O7.CH5N/c1-26-13(23)3-2-8-27-16(28-14(24)30-17-9(19)4-5-10(17)20)29-15(25)31-18-11(21)6-7-12(18)22;1-4-12(15)20-9-11(10-21-13(16)5-2)19-8-6-7-14(17)18-3;1-2/h16H,2-8H2,1H3;11H,4-10H2,1-3H3;2H2,1H3. The van der Waals surface area contributed by atoms with Crippen molar-refractivity contribution in [2.75, 3.05) is 47.7 Å². The third-order valence-electron chi connectivity index (χ3n) is 6.28. The normalized spacial score (nSPS) is 13.3. The lowest BCUT2D eigenvalue weighted by Crippen LogP contribution is -2.37. The largest absolute Gasteiger partial charge is 0.538 e. The maximum atomic E-state index is 11.8. The Kier molecular flexibility index (Phi) is 25.3. The second kappa shape index (κ2) is 28.1. The highest BCUT2D eigenvalue weighted by Gasteiger charge is 2.37. The average Bonchev–Trinajstić information content (AvgIpc) is 3.66. The molecule has 2 saturated heterocycles. The van der Waals surface area contributed by atoms with E-state index in [1.807, 2.05) is 0 Å². The second-order valence-corrected chi connectivity index (χ2v) is 10.2. The number of methoxy groups -OCH3 is 2. The van der Waals surface area contributed by atoms with Crippen LogP contribution >= 0.6 is 0 Å². The first-order valence-electron chi connectivity index (χ1n) is 16.5. The van der Waals surface area contributed by atoms with E-state index in [1.54, 1.807) is 13.8 Å². The van der Waals surface area contributed by atoms with Crippen molar-refractivity contribution in [2.24, 2.45) is 5.73 Å². The van der Waals surface area contributed by atoms with Crippen LogP contribution in [0.25, 0.3) is 0 Å². The Labute approximate surface area is 309 Å². The van der Waals surface area contributed by atoms with Gasteiger partial charge >= 0.3 is 42.7 Å². The van der Waals surface area contributed by atoms with Gasteiger partial charge in [-0.25, -0.2) is 9.59 Å². The van der Waals surface area contributed by atoms with Crippen LogP contribution in [0.5, 0.6) is 0 Å². The molecule has 306 valence electrons. The second-order valence-electron chi connectivity index (χ2n) is 10.2. The maximum Gasteiger partial charge on any atom is 0.538 e. The number of esters is 4. The lowest BCUT2D eigenvalue weighted by Gasteiger charge is -2.20. The van der Waals surface area contributed by atoms with Gasteiger partial charge in [-0.1, -0.05) is 24.0 Å². The summed E-state index contributed by atoms with van der Waals surface area (Å²) in [6, 6.07) is 0. The van der Waals surface area contributed by atoms with Crippen LogP contribution in [-0.4, -0.2) is 130 Å². The van der Waals surface area contributed by atoms with Crippen LogP contribution in [-0.2, 0) is 85.9 Å². The Morgan fingerprint density at radius 1 is 0.593 bits per heavy atom. The van der Waals surface area contributed by atoms with E-state index in [4.69, 9.17) is 18.9 Å². The molecule has 0 spiro atoms. The zero-order valence-corrected chi connectivity index (χ0v) is 30.7. The predicted octanol–water partition coefficient (Wildman–Crippen LogP) is 0.480. The number of nitrogens with two attached hydrogens (primary N) is 1. The maximum absolute atomic E-state index is 11.8. The summed E-state index contributed by atoms with van der Waals surface area (Å²) in [6.45, 7) is 1.27. The van der Waals surface area contributed by atoms with Gasteiger partial charge in [0.1, 0.15) is 19.3 Å². The smallest absolute Gasteiger partial charge is 0.469 e. The molecular formula is C31H47N3O20. The van der Waals surface area contributed by atoms with E-state index in [1.165, 1.54) is 21.3 Å².